The van der Waals surface area contributed by atoms with Gasteiger partial charge in [-0.25, -0.2) is 0 Å². The van der Waals surface area contributed by atoms with Gasteiger partial charge in [-0.15, -0.1) is 0 Å². The molecule has 7 nitrogen and oxygen atoms in total. The van der Waals surface area contributed by atoms with Crippen molar-refractivity contribution in [3.8, 4) is 17.1 Å². The normalized spacial score (nSPS) is 16.0. The van der Waals surface area contributed by atoms with Crippen molar-refractivity contribution in [2.45, 2.75) is 6.04 Å². The Morgan fingerprint density at radius 2 is 1.88 bits per heavy atom. The monoisotopic (exact) mass is 454 g/mol. The summed E-state index contributed by atoms with van der Waals surface area (Å²) >= 11 is 6.51. The molecule has 2 aromatic carbocycles. The molecule has 1 N–H and O–H groups in total. The van der Waals surface area contributed by atoms with Crippen molar-refractivity contribution >= 4 is 17.5 Å². The van der Waals surface area contributed by atoms with Crippen molar-refractivity contribution in [1.82, 2.24) is 20.3 Å². The molecule has 8 heteroatoms. The Labute approximate surface area is 192 Å². The number of nitrogens with one attached hydrogen (secondary N) is 1. The van der Waals surface area contributed by atoms with E-state index in [1.54, 1.807) is 13.2 Å². The van der Waals surface area contributed by atoms with Gasteiger partial charge < -0.3 is 19.5 Å². The predicted octanol–water partition coefficient (Wildman–Crippen LogP) is 3.72. The lowest BCUT2D eigenvalue weighted by atomic mass is 10.0. The highest BCUT2D eigenvalue weighted by molar-refractivity contribution is 6.31. The molecule has 0 unspecified atom stereocenters. The predicted molar refractivity (Wildman–Crippen MR) is 124 cm³/mol. The molecule has 0 bridgehead atoms. The molecular formula is C24H27ClN4O3. The number of piperazine rings is 1. The van der Waals surface area contributed by atoms with Gasteiger partial charge in [-0.2, -0.15) is 0 Å². The van der Waals surface area contributed by atoms with Crippen LogP contribution in [0.4, 0.5) is 0 Å². The van der Waals surface area contributed by atoms with Gasteiger partial charge in [0.05, 0.1) is 13.2 Å². The molecule has 0 radical (unpaired) electrons. The van der Waals surface area contributed by atoms with Crippen molar-refractivity contribution in [2.24, 2.45) is 0 Å². The maximum Gasteiger partial charge on any atom is 0.273 e. The second-order valence-corrected chi connectivity index (χ2v) is 8.30. The largest absolute Gasteiger partial charge is 0.497 e. The standard InChI is InChI=1S/C24H27ClN4O3/c1-28-11-13-29(14-12-28)22(19-5-3-4-6-20(19)25)16-26-24(30)21-15-23(32-27-21)17-7-9-18(31-2)10-8-17/h3-10,15,22H,11-14,16H2,1-2H3,(H,26,30)/t22-/m1/s1. The fourth-order valence-electron chi connectivity index (χ4n) is 3.87. The molecule has 1 saturated heterocycles. The van der Waals surface area contributed by atoms with Gasteiger partial charge in [0.15, 0.2) is 11.5 Å². The lowest BCUT2D eigenvalue weighted by molar-refractivity contribution is 0.0879. The number of likely N-dealkylation sites (N-methyl/N-ethyl adjacent to an activating group) is 1. The van der Waals surface area contributed by atoms with E-state index in [-0.39, 0.29) is 17.6 Å². The average Bonchev–Trinajstić information content (AvgIpc) is 3.32. The minimum absolute atomic E-state index is 0.0192. The molecule has 4 rings (SSSR count). The SMILES string of the molecule is COc1ccc(-c2cc(C(=O)NC[C@H](c3ccccc3Cl)N3CCN(C)CC3)no2)cc1. The van der Waals surface area contributed by atoms with Crippen LogP contribution in [0.3, 0.4) is 0 Å². The number of methoxy groups -OCH3 is 1. The number of amides is 1. The van der Waals surface area contributed by atoms with Crippen molar-refractivity contribution in [3.05, 3.63) is 70.9 Å². The molecule has 1 aromatic heterocycles. The van der Waals surface area contributed by atoms with Gasteiger partial charge in [0.2, 0.25) is 0 Å². The molecule has 0 aliphatic carbocycles. The maximum absolute atomic E-state index is 12.8. The third-order valence-corrected chi connectivity index (χ3v) is 6.16. The van der Waals surface area contributed by atoms with Gasteiger partial charge in [0.25, 0.3) is 5.91 Å². The summed E-state index contributed by atoms with van der Waals surface area (Å²) < 4.78 is 10.6. The number of benzene rings is 2. The van der Waals surface area contributed by atoms with Crippen LogP contribution in [0, 0.1) is 0 Å². The van der Waals surface area contributed by atoms with E-state index in [9.17, 15) is 4.79 Å². The summed E-state index contributed by atoms with van der Waals surface area (Å²) in [5.74, 6) is 1.000. The minimum Gasteiger partial charge on any atom is -0.497 e. The van der Waals surface area contributed by atoms with Crippen molar-refractivity contribution in [1.29, 1.82) is 0 Å². The van der Waals surface area contributed by atoms with Gasteiger partial charge >= 0.3 is 0 Å². The summed E-state index contributed by atoms with van der Waals surface area (Å²) in [5.41, 5.74) is 2.08. The number of carbonyl (C=O) groups is 1. The van der Waals surface area contributed by atoms with Crippen LogP contribution in [0.25, 0.3) is 11.3 Å². The Morgan fingerprint density at radius 1 is 1.16 bits per heavy atom. The number of rotatable bonds is 7. The van der Waals surface area contributed by atoms with E-state index in [1.165, 1.54) is 0 Å². The van der Waals surface area contributed by atoms with E-state index < -0.39 is 0 Å². The second kappa shape index (κ2) is 10.2. The molecule has 1 amide bonds. The van der Waals surface area contributed by atoms with Gasteiger partial charge in [-0.05, 0) is 42.9 Å². The smallest absolute Gasteiger partial charge is 0.273 e. The first-order valence-electron chi connectivity index (χ1n) is 10.6. The molecule has 32 heavy (non-hydrogen) atoms. The zero-order chi connectivity index (χ0) is 22.5. The van der Waals surface area contributed by atoms with E-state index in [1.807, 2.05) is 48.5 Å². The van der Waals surface area contributed by atoms with E-state index >= 15 is 0 Å². The van der Waals surface area contributed by atoms with Crippen LogP contribution < -0.4 is 10.1 Å². The topological polar surface area (TPSA) is 70.8 Å². The Hall–Kier alpha value is -2.87. The molecular weight excluding hydrogens is 428 g/mol. The summed E-state index contributed by atoms with van der Waals surface area (Å²) in [7, 11) is 3.73. The molecule has 1 aliphatic rings. The lowest BCUT2D eigenvalue weighted by Gasteiger charge is -2.38. The van der Waals surface area contributed by atoms with Crippen LogP contribution >= 0.6 is 11.6 Å². The highest BCUT2D eigenvalue weighted by atomic mass is 35.5. The molecule has 0 spiro atoms. The number of aromatic nitrogens is 1. The van der Waals surface area contributed by atoms with Gasteiger partial charge in [0, 0.05) is 49.4 Å². The van der Waals surface area contributed by atoms with Crippen LogP contribution in [0.5, 0.6) is 5.75 Å². The zero-order valence-corrected chi connectivity index (χ0v) is 19.0. The maximum atomic E-state index is 12.8. The number of hydrogen-bond acceptors (Lipinski definition) is 6. The Bertz CT molecular complexity index is 1050. The molecule has 168 valence electrons. The Kier molecular flexibility index (Phi) is 7.09. The van der Waals surface area contributed by atoms with Crippen LogP contribution in [-0.4, -0.2) is 67.7 Å². The summed E-state index contributed by atoms with van der Waals surface area (Å²) in [5, 5.41) is 7.68. The molecule has 1 atom stereocenters. The molecule has 0 saturated carbocycles. The summed E-state index contributed by atoms with van der Waals surface area (Å²) in [4.78, 5) is 17.5. The van der Waals surface area contributed by atoms with E-state index in [2.05, 4.69) is 27.3 Å². The van der Waals surface area contributed by atoms with Gasteiger partial charge in [-0.3, -0.25) is 9.69 Å². The number of hydrogen-bond donors (Lipinski definition) is 1. The van der Waals surface area contributed by atoms with E-state index in [0.29, 0.717) is 17.3 Å². The first-order chi connectivity index (χ1) is 15.5. The highest BCUT2D eigenvalue weighted by Gasteiger charge is 2.26. The van der Waals surface area contributed by atoms with Crippen LogP contribution in [0.2, 0.25) is 5.02 Å². The fraction of sp³-hybridized carbons (Fsp3) is 0.333. The first-order valence-corrected chi connectivity index (χ1v) is 11.0. The number of halogens is 1. The highest BCUT2D eigenvalue weighted by Crippen LogP contribution is 2.28. The summed E-state index contributed by atoms with van der Waals surface area (Å²) in [6, 6.07) is 16.8. The third-order valence-electron chi connectivity index (χ3n) is 5.82. The summed E-state index contributed by atoms with van der Waals surface area (Å²) in [6.45, 7) is 4.20. The summed E-state index contributed by atoms with van der Waals surface area (Å²) in [6.07, 6.45) is 0. The molecule has 1 fully saturated rings. The van der Waals surface area contributed by atoms with Gasteiger partial charge in [-0.1, -0.05) is 35.0 Å². The zero-order valence-electron chi connectivity index (χ0n) is 18.3. The third kappa shape index (κ3) is 5.12. The Balaban J connectivity index is 1.46. The Morgan fingerprint density at radius 3 is 2.56 bits per heavy atom. The lowest BCUT2D eigenvalue weighted by Crippen LogP contribution is -2.48. The molecule has 1 aliphatic heterocycles. The van der Waals surface area contributed by atoms with Crippen molar-refractivity contribution in [2.75, 3.05) is 46.9 Å². The first kappa shape index (κ1) is 22.3. The second-order valence-electron chi connectivity index (χ2n) is 7.89. The number of carbonyl (C=O) groups excluding carboxylic acids is 1. The molecule has 3 aromatic rings. The average molecular weight is 455 g/mol. The van der Waals surface area contributed by atoms with Gasteiger partial charge in [0.1, 0.15) is 5.75 Å². The van der Waals surface area contributed by atoms with Crippen molar-refractivity contribution in [3.63, 3.8) is 0 Å². The number of ether oxygens (including phenoxy) is 1. The minimum atomic E-state index is -0.278. The van der Waals surface area contributed by atoms with Crippen LogP contribution in [0.15, 0.2) is 59.1 Å². The van der Waals surface area contributed by atoms with Crippen molar-refractivity contribution < 1.29 is 14.1 Å². The molecule has 2 heterocycles. The van der Waals surface area contributed by atoms with Crippen LogP contribution in [0.1, 0.15) is 22.1 Å². The van der Waals surface area contributed by atoms with E-state index in [0.717, 1.165) is 43.1 Å². The van der Waals surface area contributed by atoms with E-state index in [4.69, 9.17) is 20.9 Å². The van der Waals surface area contributed by atoms with Crippen LogP contribution in [-0.2, 0) is 0 Å². The fourth-order valence-corrected chi connectivity index (χ4v) is 4.13. The number of nitrogens with zero attached hydrogens (tertiary/aromatic N) is 3. The quantitative estimate of drug-likeness (QED) is 0.586.